The van der Waals surface area contributed by atoms with Gasteiger partial charge in [-0.25, -0.2) is 4.79 Å². The Morgan fingerprint density at radius 1 is 1.19 bits per heavy atom. The van der Waals surface area contributed by atoms with Crippen molar-refractivity contribution in [2.75, 3.05) is 18.4 Å². The van der Waals surface area contributed by atoms with Crippen molar-refractivity contribution >= 4 is 11.8 Å². The summed E-state index contributed by atoms with van der Waals surface area (Å²) in [7, 11) is 0. The summed E-state index contributed by atoms with van der Waals surface area (Å²) in [6.07, 6.45) is 5.43. The van der Waals surface area contributed by atoms with Gasteiger partial charge in [0.05, 0.1) is 0 Å². The van der Waals surface area contributed by atoms with Crippen LogP contribution in [0.1, 0.15) is 31.7 Å². The van der Waals surface area contributed by atoms with Crippen LogP contribution in [0.3, 0.4) is 0 Å². The predicted molar refractivity (Wildman–Crippen MR) is 103 cm³/mol. The molecule has 0 radical (unpaired) electrons. The molecule has 2 amide bonds. The highest BCUT2D eigenvalue weighted by Crippen LogP contribution is 2.15. The summed E-state index contributed by atoms with van der Waals surface area (Å²) in [6.45, 7) is 3.59. The average molecular weight is 353 g/mol. The topological polar surface area (TPSA) is 70.2 Å². The number of nitrogens with zero attached hydrogens (tertiary/aromatic N) is 3. The van der Waals surface area contributed by atoms with Crippen molar-refractivity contribution in [3.05, 3.63) is 54.2 Å². The fourth-order valence-corrected chi connectivity index (χ4v) is 3.22. The van der Waals surface area contributed by atoms with Gasteiger partial charge in [-0.1, -0.05) is 30.3 Å². The van der Waals surface area contributed by atoms with Crippen molar-refractivity contribution in [2.45, 2.75) is 44.7 Å². The Hall–Kier alpha value is -2.63. The molecule has 0 saturated carbocycles. The number of nitrogens with one attached hydrogen (secondary N) is 2. The lowest BCUT2D eigenvalue weighted by Gasteiger charge is -2.33. The van der Waals surface area contributed by atoms with E-state index in [0.717, 1.165) is 44.6 Å². The maximum absolute atomic E-state index is 12.5. The molecule has 138 valence electrons. The predicted octanol–water partition coefficient (Wildman–Crippen LogP) is 3.08. The molecule has 26 heavy (non-hydrogen) atoms. The molecule has 1 unspecified atom stereocenters. The Morgan fingerprint density at radius 3 is 2.65 bits per heavy atom. The normalized spacial score (nSPS) is 16.1. The first-order valence-corrected chi connectivity index (χ1v) is 9.34. The molecule has 1 fully saturated rings. The van der Waals surface area contributed by atoms with Gasteiger partial charge in [0.1, 0.15) is 5.82 Å². The van der Waals surface area contributed by atoms with Crippen molar-refractivity contribution in [3.63, 3.8) is 0 Å². The monoisotopic (exact) mass is 353 g/mol. The summed E-state index contributed by atoms with van der Waals surface area (Å²) in [5.41, 5.74) is 1.31. The highest BCUT2D eigenvalue weighted by atomic mass is 16.2. The van der Waals surface area contributed by atoms with Gasteiger partial charge in [0.25, 0.3) is 0 Å². The number of aromatic nitrogens is 2. The van der Waals surface area contributed by atoms with E-state index in [-0.39, 0.29) is 12.1 Å². The Bertz CT molecular complexity index is 671. The van der Waals surface area contributed by atoms with Crippen molar-refractivity contribution < 1.29 is 4.79 Å². The van der Waals surface area contributed by atoms with E-state index < -0.39 is 0 Å². The molecule has 1 atom stereocenters. The minimum atomic E-state index is 0.0449. The standard InChI is InChI=1S/C20H27N5O/c1-16(9-10-17-6-3-2-4-7-17)22-20(26)25-14-11-18(12-15-25)23-19-8-5-13-21-24-19/h2-8,13,16,18H,9-12,14-15H2,1H3,(H,22,26)(H,23,24). The first-order chi connectivity index (χ1) is 12.7. The molecule has 6 heteroatoms. The first-order valence-electron chi connectivity index (χ1n) is 9.34. The van der Waals surface area contributed by atoms with Crippen LogP contribution in [0.25, 0.3) is 0 Å². The number of rotatable bonds is 6. The average Bonchev–Trinajstić information content (AvgIpc) is 2.68. The summed E-state index contributed by atoms with van der Waals surface area (Å²) < 4.78 is 0. The quantitative estimate of drug-likeness (QED) is 0.837. The molecule has 1 saturated heterocycles. The Labute approximate surface area is 155 Å². The van der Waals surface area contributed by atoms with E-state index in [4.69, 9.17) is 0 Å². The molecule has 6 nitrogen and oxygen atoms in total. The minimum Gasteiger partial charge on any atom is -0.366 e. The number of urea groups is 1. The molecule has 1 aromatic carbocycles. The molecule has 0 aliphatic carbocycles. The highest BCUT2D eigenvalue weighted by molar-refractivity contribution is 5.74. The molecule has 3 rings (SSSR count). The van der Waals surface area contributed by atoms with Crippen LogP contribution in [0.4, 0.5) is 10.6 Å². The molecular formula is C20H27N5O. The van der Waals surface area contributed by atoms with Crippen molar-refractivity contribution in [2.24, 2.45) is 0 Å². The van der Waals surface area contributed by atoms with Gasteiger partial charge in [-0.2, -0.15) is 5.10 Å². The second-order valence-electron chi connectivity index (χ2n) is 6.89. The van der Waals surface area contributed by atoms with Gasteiger partial charge in [-0.15, -0.1) is 5.10 Å². The van der Waals surface area contributed by atoms with Crippen LogP contribution in [0, 0.1) is 0 Å². The van der Waals surface area contributed by atoms with E-state index in [9.17, 15) is 4.79 Å². The number of piperidine rings is 1. The SMILES string of the molecule is CC(CCc1ccccc1)NC(=O)N1CCC(Nc2cccnn2)CC1. The molecule has 0 bridgehead atoms. The van der Waals surface area contributed by atoms with Crippen LogP contribution in [0.2, 0.25) is 0 Å². The highest BCUT2D eigenvalue weighted by Gasteiger charge is 2.23. The number of amides is 2. The smallest absolute Gasteiger partial charge is 0.317 e. The fraction of sp³-hybridized carbons (Fsp3) is 0.450. The Kier molecular flexibility index (Phi) is 6.41. The zero-order valence-electron chi connectivity index (χ0n) is 15.3. The molecule has 2 N–H and O–H groups in total. The van der Waals surface area contributed by atoms with Crippen LogP contribution < -0.4 is 10.6 Å². The van der Waals surface area contributed by atoms with Crippen molar-refractivity contribution in [1.82, 2.24) is 20.4 Å². The lowest BCUT2D eigenvalue weighted by atomic mass is 10.0. The van der Waals surface area contributed by atoms with Gasteiger partial charge in [-0.05, 0) is 50.3 Å². The molecule has 1 aromatic heterocycles. The zero-order valence-corrected chi connectivity index (χ0v) is 15.3. The second-order valence-corrected chi connectivity index (χ2v) is 6.89. The van der Waals surface area contributed by atoms with Gasteiger partial charge in [-0.3, -0.25) is 0 Å². The van der Waals surface area contributed by atoms with Gasteiger partial charge < -0.3 is 15.5 Å². The molecule has 2 aromatic rings. The number of carbonyl (C=O) groups is 1. The van der Waals surface area contributed by atoms with E-state index in [2.05, 4.69) is 52.0 Å². The van der Waals surface area contributed by atoms with Crippen molar-refractivity contribution in [1.29, 1.82) is 0 Å². The third-order valence-corrected chi connectivity index (χ3v) is 4.79. The summed E-state index contributed by atoms with van der Waals surface area (Å²) in [6, 6.07) is 14.7. The first kappa shape index (κ1) is 18.2. The lowest BCUT2D eigenvalue weighted by molar-refractivity contribution is 0.180. The van der Waals surface area contributed by atoms with Crippen LogP contribution in [0.15, 0.2) is 48.7 Å². The number of hydrogen-bond acceptors (Lipinski definition) is 4. The largest absolute Gasteiger partial charge is 0.366 e. The lowest BCUT2D eigenvalue weighted by Crippen LogP contribution is -2.49. The Balaban J connectivity index is 1.37. The van der Waals surface area contributed by atoms with Crippen LogP contribution in [-0.4, -0.2) is 46.3 Å². The number of benzene rings is 1. The van der Waals surface area contributed by atoms with E-state index in [1.165, 1.54) is 5.56 Å². The fourth-order valence-electron chi connectivity index (χ4n) is 3.22. The van der Waals surface area contributed by atoms with Gasteiger partial charge in [0.2, 0.25) is 0 Å². The second kappa shape index (κ2) is 9.17. The minimum absolute atomic E-state index is 0.0449. The maximum Gasteiger partial charge on any atom is 0.317 e. The van der Waals surface area contributed by atoms with Gasteiger partial charge >= 0.3 is 6.03 Å². The van der Waals surface area contributed by atoms with E-state index in [1.54, 1.807) is 6.20 Å². The van der Waals surface area contributed by atoms with Crippen LogP contribution in [-0.2, 0) is 6.42 Å². The summed E-state index contributed by atoms with van der Waals surface area (Å²) in [4.78, 5) is 14.4. The third-order valence-electron chi connectivity index (χ3n) is 4.79. The molecule has 1 aliphatic rings. The Morgan fingerprint density at radius 2 is 1.96 bits per heavy atom. The summed E-state index contributed by atoms with van der Waals surface area (Å²) in [5.74, 6) is 0.796. The zero-order chi connectivity index (χ0) is 18.2. The number of anilines is 1. The molecular weight excluding hydrogens is 326 g/mol. The third kappa shape index (κ3) is 5.44. The summed E-state index contributed by atoms with van der Waals surface area (Å²) >= 11 is 0. The number of aryl methyl sites for hydroxylation is 1. The van der Waals surface area contributed by atoms with E-state index >= 15 is 0 Å². The van der Waals surface area contributed by atoms with Crippen molar-refractivity contribution in [3.8, 4) is 0 Å². The maximum atomic E-state index is 12.5. The van der Waals surface area contributed by atoms with Gasteiger partial charge in [0.15, 0.2) is 0 Å². The molecule has 0 spiro atoms. The van der Waals surface area contributed by atoms with Gasteiger partial charge in [0, 0.05) is 31.4 Å². The van der Waals surface area contributed by atoms with Crippen LogP contribution in [0.5, 0.6) is 0 Å². The van der Waals surface area contributed by atoms with E-state index in [0.29, 0.717) is 6.04 Å². The van der Waals surface area contributed by atoms with E-state index in [1.807, 2.05) is 23.1 Å². The molecule has 1 aliphatic heterocycles. The number of likely N-dealkylation sites (tertiary alicyclic amines) is 1. The molecule has 2 heterocycles. The van der Waals surface area contributed by atoms with Crippen LogP contribution >= 0.6 is 0 Å². The number of carbonyl (C=O) groups excluding carboxylic acids is 1. The number of hydrogen-bond donors (Lipinski definition) is 2. The summed E-state index contributed by atoms with van der Waals surface area (Å²) in [5, 5.41) is 14.5.